The van der Waals surface area contributed by atoms with Gasteiger partial charge >= 0.3 is 0 Å². The minimum Gasteiger partial charge on any atom is -0.490 e. The lowest BCUT2D eigenvalue weighted by atomic mass is 10.2. The van der Waals surface area contributed by atoms with E-state index in [9.17, 15) is 0 Å². The van der Waals surface area contributed by atoms with Crippen molar-refractivity contribution in [1.82, 2.24) is 5.43 Å². The number of ether oxygens (including phenoxy) is 2. The molecule has 0 saturated heterocycles. The quantitative estimate of drug-likeness (QED) is 0.455. The third-order valence-corrected chi connectivity index (χ3v) is 2.21. The van der Waals surface area contributed by atoms with Crippen LogP contribution in [0, 0.1) is 0 Å². The van der Waals surface area contributed by atoms with Gasteiger partial charge in [0, 0.05) is 0 Å². The number of nitrogens with one attached hydrogen (secondary N) is 1. The van der Waals surface area contributed by atoms with Gasteiger partial charge in [-0.2, -0.15) is 5.10 Å². The summed E-state index contributed by atoms with van der Waals surface area (Å²) < 4.78 is 11.2. The molecule has 0 aliphatic rings. The van der Waals surface area contributed by atoms with Crippen LogP contribution in [0.15, 0.2) is 23.3 Å². The van der Waals surface area contributed by atoms with Crippen LogP contribution in [0.25, 0.3) is 0 Å². The second-order valence-corrected chi connectivity index (χ2v) is 4.16. The zero-order valence-corrected chi connectivity index (χ0v) is 12.0. The summed E-state index contributed by atoms with van der Waals surface area (Å²) >= 11 is 4.66. The highest BCUT2D eigenvalue weighted by Crippen LogP contribution is 2.28. The van der Waals surface area contributed by atoms with Crippen LogP contribution in [0.5, 0.6) is 11.5 Å². The molecule has 0 unspecified atom stereocenters. The van der Waals surface area contributed by atoms with Gasteiger partial charge in [0.2, 0.25) is 0 Å². The van der Waals surface area contributed by atoms with Crippen molar-refractivity contribution in [3.63, 3.8) is 0 Å². The molecule has 1 rings (SSSR count). The molecule has 6 heteroatoms. The summed E-state index contributed by atoms with van der Waals surface area (Å²) in [5.74, 6) is 1.44. The predicted molar refractivity (Wildman–Crippen MR) is 80.9 cm³/mol. The Hall–Kier alpha value is -1.82. The van der Waals surface area contributed by atoms with Crippen molar-refractivity contribution in [2.75, 3.05) is 13.2 Å². The molecule has 3 N–H and O–H groups in total. The summed E-state index contributed by atoms with van der Waals surface area (Å²) in [5.41, 5.74) is 8.65. The fraction of sp³-hybridized carbons (Fsp3) is 0.385. The molecule has 0 atom stereocenters. The molecular formula is C13H19N3O2S. The largest absolute Gasteiger partial charge is 0.490 e. The highest BCUT2D eigenvalue weighted by Gasteiger charge is 2.05. The average Bonchev–Trinajstić information content (AvgIpc) is 2.38. The molecule has 0 saturated carbocycles. The SMILES string of the molecule is CCCOc1ccc(C=NNC(N)=S)cc1OCC. The Bertz CT molecular complexity index is 450. The molecule has 0 bridgehead atoms. The van der Waals surface area contributed by atoms with E-state index < -0.39 is 0 Å². The highest BCUT2D eigenvalue weighted by atomic mass is 32.1. The van der Waals surface area contributed by atoms with Crippen molar-refractivity contribution in [2.45, 2.75) is 20.3 Å². The lowest BCUT2D eigenvalue weighted by Gasteiger charge is -2.11. The first-order valence-corrected chi connectivity index (χ1v) is 6.56. The molecule has 0 aliphatic carbocycles. The lowest BCUT2D eigenvalue weighted by Crippen LogP contribution is -2.23. The number of thiocarbonyl (C=S) groups is 1. The highest BCUT2D eigenvalue weighted by molar-refractivity contribution is 7.80. The van der Waals surface area contributed by atoms with Gasteiger partial charge in [-0.15, -0.1) is 0 Å². The number of hydrogen-bond acceptors (Lipinski definition) is 4. The van der Waals surface area contributed by atoms with E-state index in [1.807, 2.05) is 25.1 Å². The predicted octanol–water partition coefficient (Wildman–Crippen LogP) is 2.04. The topological polar surface area (TPSA) is 68.9 Å². The number of nitrogens with two attached hydrogens (primary N) is 1. The van der Waals surface area contributed by atoms with Crippen molar-refractivity contribution in [2.24, 2.45) is 10.8 Å². The third kappa shape index (κ3) is 5.56. The summed E-state index contributed by atoms with van der Waals surface area (Å²) in [6, 6.07) is 5.61. The molecule has 0 spiro atoms. The Labute approximate surface area is 118 Å². The first-order valence-electron chi connectivity index (χ1n) is 6.15. The van der Waals surface area contributed by atoms with E-state index in [0.717, 1.165) is 17.7 Å². The fourth-order valence-corrected chi connectivity index (χ4v) is 1.43. The molecule has 0 aliphatic heterocycles. The normalized spacial score (nSPS) is 10.4. The minimum absolute atomic E-state index is 0.129. The fourth-order valence-electron chi connectivity index (χ4n) is 1.37. The molecule has 0 radical (unpaired) electrons. The van der Waals surface area contributed by atoms with Crippen LogP contribution < -0.4 is 20.6 Å². The van der Waals surface area contributed by atoms with Crippen molar-refractivity contribution in [1.29, 1.82) is 0 Å². The summed E-state index contributed by atoms with van der Waals surface area (Å²) in [4.78, 5) is 0. The summed E-state index contributed by atoms with van der Waals surface area (Å²) in [5, 5.41) is 4.03. The van der Waals surface area contributed by atoms with Gasteiger partial charge < -0.3 is 15.2 Å². The van der Waals surface area contributed by atoms with Gasteiger partial charge in [-0.05, 0) is 49.3 Å². The van der Waals surface area contributed by atoms with Gasteiger partial charge in [-0.3, -0.25) is 5.43 Å². The Morgan fingerprint density at radius 2 is 2.16 bits per heavy atom. The van der Waals surface area contributed by atoms with Gasteiger partial charge in [0.15, 0.2) is 16.6 Å². The maximum absolute atomic E-state index is 5.61. The zero-order valence-electron chi connectivity index (χ0n) is 11.2. The molecule has 0 fully saturated rings. The maximum atomic E-state index is 5.61. The third-order valence-electron chi connectivity index (χ3n) is 2.12. The molecule has 104 valence electrons. The van der Waals surface area contributed by atoms with Crippen LogP contribution >= 0.6 is 12.2 Å². The lowest BCUT2D eigenvalue weighted by molar-refractivity contribution is 0.277. The van der Waals surface area contributed by atoms with Crippen molar-refractivity contribution in [3.05, 3.63) is 23.8 Å². The van der Waals surface area contributed by atoms with E-state index >= 15 is 0 Å². The van der Waals surface area contributed by atoms with Gasteiger partial charge in [-0.25, -0.2) is 0 Å². The Morgan fingerprint density at radius 3 is 2.79 bits per heavy atom. The van der Waals surface area contributed by atoms with E-state index in [2.05, 4.69) is 29.7 Å². The molecule has 0 heterocycles. The van der Waals surface area contributed by atoms with Gasteiger partial charge in [-0.1, -0.05) is 6.92 Å². The van der Waals surface area contributed by atoms with Crippen molar-refractivity contribution < 1.29 is 9.47 Å². The van der Waals surface area contributed by atoms with E-state index in [4.69, 9.17) is 15.2 Å². The molecule has 5 nitrogen and oxygen atoms in total. The van der Waals surface area contributed by atoms with Crippen LogP contribution in [0.2, 0.25) is 0 Å². The van der Waals surface area contributed by atoms with E-state index in [0.29, 0.717) is 19.0 Å². The van der Waals surface area contributed by atoms with Gasteiger partial charge in [0.25, 0.3) is 0 Å². The summed E-state index contributed by atoms with van der Waals surface area (Å²) in [6.45, 7) is 5.23. The van der Waals surface area contributed by atoms with Crippen molar-refractivity contribution >= 4 is 23.5 Å². The number of rotatable bonds is 7. The smallest absolute Gasteiger partial charge is 0.184 e. The standard InChI is InChI=1S/C13H19N3O2S/c1-3-7-18-11-6-5-10(8-12(11)17-4-2)9-15-16-13(14)19/h5-6,8-9H,3-4,7H2,1-2H3,(H3,14,16,19). The van der Waals surface area contributed by atoms with E-state index in [1.54, 1.807) is 6.21 Å². The second kappa shape index (κ2) is 8.31. The molecule has 1 aromatic carbocycles. The van der Waals surface area contributed by atoms with Crippen LogP contribution in [-0.4, -0.2) is 24.5 Å². The minimum atomic E-state index is 0.129. The molecule has 19 heavy (non-hydrogen) atoms. The van der Waals surface area contributed by atoms with E-state index in [1.165, 1.54) is 0 Å². The van der Waals surface area contributed by atoms with Gasteiger partial charge in [0.1, 0.15) is 0 Å². The first kappa shape index (κ1) is 15.2. The van der Waals surface area contributed by atoms with Crippen LogP contribution in [-0.2, 0) is 0 Å². The van der Waals surface area contributed by atoms with Crippen LogP contribution in [0.1, 0.15) is 25.8 Å². The number of nitrogens with zero attached hydrogens (tertiary/aromatic N) is 1. The van der Waals surface area contributed by atoms with E-state index in [-0.39, 0.29) is 5.11 Å². The summed E-state index contributed by atoms with van der Waals surface area (Å²) in [6.07, 6.45) is 2.57. The molecular weight excluding hydrogens is 262 g/mol. The maximum Gasteiger partial charge on any atom is 0.184 e. The number of hydrogen-bond donors (Lipinski definition) is 2. The molecule has 0 amide bonds. The number of benzene rings is 1. The Kier molecular flexibility index (Phi) is 6.67. The monoisotopic (exact) mass is 281 g/mol. The first-order chi connectivity index (χ1) is 9.17. The molecule has 0 aromatic heterocycles. The molecule has 1 aromatic rings. The zero-order chi connectivity index (χ0) is 14.1. The van der Waals surface area contributed by atoms with Gasteiger partial charge in [0.05, 0.1) is 19.4 Å². The number of hydrazone groups is 1. The van der Waals surface area contributed by atoms with Crippen LogP contribution in [0.4, 0.5) is 0 Å². The second-order valence-electron chi connectivity index (χ2n) is 3.72. The Morgan fingerprint density at radius 1 is 1.37 bits per heavy atom. The average molecular weight is 281 g/mol. The summed E-state index contributed by atoms with van der Waals surface area (Å²) in [7, 11) is 0. The Balaban J connectivity index is 2.82. The van der Waals surface area contributed by atoms with Crippen molar-refractivity contribution in [3.8, 4) is 11.5 Å². The van der Waals surface area contributed by atoms with Crippen LogP contribution in [0.3, 0.4) is 0 Å².